The molecule has 0 aliphatic heterocycles. The zero-order chi connectivity index (χ0) is 9.61. The van der Waals surface area contributed by atoms with Crippen LogP contribution in [-0.2, 0) is 4.79 Å². The van der Waals surface area contributed by atoms with E-state index in [-0.39, 0.29) is 6.42 Å². The molecule has 0 fully saturated rings. The summed E-state index contributed by atoms with van der Waals surface area (Å²) in [4.78, 5) is 10.1. The van der Waals surface area contributed by atoms with Crippen molar-refractivity contribution in [3.63, 3.8) is 0 Å². The molecule has 0 unspecified atom stereocenters. The van der Waals surface area contributed by atoms with Gasteiger partial charge in [-0.3, -0.25) is 4.79 Å². The average Bonchev–Trinajstić information content (AvgIpc) is 1.83. The van der Waals surface area contributed by atoms with Crippen molar-refractivity contribution in [2.45, 2.75) is 40.0 Å². The third-order valence-corrected chi connectivity index (χ3v) is 1.42. The summed E-state index contributed by atoms with van der Waals surface area (Å²) in [5.41, 5.74) is 0.305. The number of hydrogen-bond donors (Lipinski definition) is 1. The van der Waals surface area contributed by atoms with Crippen molar-refractivity contribution in [2.75, 3.05) is 0 Å². The van der Waals surface area contributed by atoms with Gasteiger partial charge in [-0.05, 0) is 18.3 Å². The molecule has 0 aliphatic carbocycles. The van der Waals surface area contributed by atoms with Crippen molar-refractivity contribution in [1.29, 1.82) is 0 Å². The maximum atomic E-state index is 10.1. The Labute approximate surface area is 74.3 Å². The molecule has 0 aromatic carbocycles. The Morgan fingerprint density at radius 1 is 1.33 bits per heavy atom. The zero-order valence-electron chi connectivity index (χ0n) is 8.13. The largest absolute Gasteiger partial charge is 0.481 e. The number of allylic oxidation sites excluding steroid dienone is 2. The van der Waals surface area contributed by atoms with Crippen molar-refractivity contribution in [2.24, 2.45) is 5.41 Å². The summed E-state index contributed by atoms with van der Waals surface area (Å²) in [7, 11) is 0. The van der Waals surface area contributed by atoms with Gasteiger partial charge in [0.15, 0.2) is 0 Å². The van der Waals surface area contributed by atoms with E-state index < -0.39 is 5.97 Å². The number of aliphatic carboxylic acids is 1. The van der Waals surface area contributed by atoms with Crippen LogP contribution in [0.2, 0.25) is 0 Å². The lowest BCUT2D eigenvalue weighted by molar-refractivity contribution is -0.136. The van der Waals surface area contributed by atoms with E-state index in [0.29, 0.717) is 11.8 Å². The Hall–Kier alpha value is -0.790. The summed E-state index contributed by atoms with van der Waals surface area (Å²) < 4.78 is 0. The van der Waals surface area contributed by atoms with E-state index in [1.54, 1.807) is 0 Å². The van der Waals surface area contributed by atoms with Crippen LogP contribution in [0, 0.1) is 5.41 Å². The molecular formula is C10H18O2. The molecular weight excluding hydrogens is 152 g/mol. The van der Waals surface area contributed by atoms with Crippen molar-refractivity contribution < 1.29 is 9.90 Å². The second kappa shape index (κ2) is 4.96. The highest BCUT2D eigenvalue weighted by molar-refractivity contribution is 5.66. The molecule has 12 heavy (non-hydrogen) atoms. The topological polar surface area (TPSA) is 37.3 Å². The predicted molar refractivity (Wildman–Crippen MR) is 50.1 cm³/mol. The first-order chi connectivity index (χ1) is 5.42. The summed E-state index contributed by atoms with van der Waals surface area (Å²) in [5, 5.41) is 8.34. The fourth-order valence-corrected chi connectivity index (χ4v) is 0.762. The first kappa shape index (κ1) is 11.2. The molecule has 2 heteroatoms. The second-order valence-corrected chi connectivity index (χ2v) is 4.17. The van der Waals surface area contributed by atoms with Crippen LogP contribution in [0.1, 0.15) is 40.0 Å². The number of carboxylic acid groups (broad SMARTS) is 1. The highest BCUT2D eigenvalue weighted by Gasteiger charge is 2.05. The fraction of sp³-hybridized carbons (Fsp3) is 0.700. The van der Waals surface area contributed by atoms with Gasteiger partial charge in [-0.15, -0.1) is 0 Å². The number of hydrogen-bond acceptors (Lipinski definition) is 1. The molecule has 0 atom stereocenters. The van der Waals surface area contributed by atoms with Gasteiger partial charge in [0.25, 0.3) is 0 Å². The molecule has 0 amide bonds. The Bertz CT molecular complexity index is 163. The molecule has 0 saturated carbocycles. The SMILES string of the molecule is CC(C)(C)C/C=C\CCC(=O)O. The molecule has 0 saturated heterocycles. The summed E-state index contributed by atoms with van der Waals surface area (Å²) in [6, 6.07) is 0. The first-order valence-electron chi connectivity index (χ1n) is 4.28. The van der Waals surface area contributed by atoms with E-state index in [0.717, 1.165) is 6.42 Å². The van der Waals surface area contributed by atoms with Gasteiger partial charge in [0.05, 0.1) is 0 Å². The minimum absolute atomic E-state index is 0.237. The number of carboxylic acids is 1. The molecule has 0 spiro atoms. The van der Waals surface area contributed by atoms with Gasteiger partial charge >= 0.3 is 5.97 Å². The van der Waals surface area contributed by atoms with Crippen LogP contribution in [0.5, 0.6) is 0 Å². The third-order valence-electron chi connectivity index (χ3n) is 1.42. The third kappa shape index (κ3) is 9.21. The average molecular weight is 170 g/mol. The van der Waals surface area contributed by atoms with Gasteiger partial charge in [0.2, 0.25) is 0 Å². The smallest absolute Gasteiger partial charge is 0.303 e. The summed E-state index contributed by atoms with van der Waals surface area (Å²) in [6.07, 6.45) is 5.89. The number of rotatable bonds is 4. The first-order valence-corrected chi connectivity index (χ1v) is 4.28. The van der Waals surface area contributed by atoms with Crippen LogP contribution >= 0.6 is 0 Å². The monoisotopic (exact) mass is 170 g/mol. The van der Waals surface area contributed by atoms with Crippen molar-refractivity contribution in [3.8, 4) is 0 Å². The molecule has 0 aliphatic rings. The van der Waals surface area contributed by atoms with Gasteiger partial charge in [0, 0.05) is 6.42 Å². The van der Waals surface area contributed by atoms with E-state index in [2.05, 4.69) is 26.8 Å². The molecule has 0 aromatic rings. The van der Waals surface area contributed by atoms with E-state index in [1.165, 1.54) is 0 Å². The Kier molecular flexibility index (Phi) is 4.64. The van der Waals surface area contributed by atoms with Crippen LogP contribution in [0.15, 0.2) is 12.2 Å². The maximum absolute atomic E-state index is 10.1. The second-order valence-electron chi connectivity index (χ2n) is 4.17. The highest BCUT2D eigenvalue weighted by atomic mass is 16.4. The molecule has 0 bridgehead atoms. The van der Waals surface area contributed by atoms with Crippen LogP contribution in [0.3, 0.4) is 0 Å². The Morgan fingerprint density at radius 3 is 2.33 bits per heavy atom. The van der Waals surface area contributed by atoms with E-state index in [9.17, 15) is 4.79 Å². The molecule has 2 nitrogen and oxygen atoms in total. The molecule has 0 heterocycles. The minimum atomic E-state index is -0.726. The lowest BCUT2D eigenvalue weighted by Crippen LogP contribution is -2.01. The molecule has 1 N–H and O–H groups in total. The van der Waals surface area contributed by atoms with E-state index in [4.69, 9.17) is 5.11 Å². The standard InChI is InChI=1S/C10H18O2/c1-10(2,3)8-6-4-5-7-9(11)12/h4,6H,5,7-8H2,1-3H3,(H,11,12)/b6-4-. The molecule has 70 valence electrons. The van der Waals surface area contributed by atoms with Gasteiger partial charge in [-0.25, -0.2) is 0 Å². The molecule has 0 aromatic heterocycles. The maximum Gasteiger partial charge on any atom is 0.303 e. The summed E-state index contributed by atoms with van der Waals surface area (Å²) in [5.74, 6) is -0.726. The van der Waals surface area contributed by atoms with Gasteiger partial charge in [-0.1, -0.05) is 32.9 Å². The fourth-order valence-electron chi connectivity index (χ4n) is 0.762. The normalized spacial score (nSPS) is 12.2. The molecule has 0 radical (unpaired) electrons. The van der Waals surface area contributed by atoms with Crippen molar-refractivity contribution in [1.82, 2.24) is 0 Å². The summed E-state index contributed by atoms with van der Waals surface area (Å²) >= 11 is 0. The van der Waals surface area contributed by atoms with Crippen LogP contribution in [0.25, 0.3) is 0 Å². The molecule has 0 rings (SSSR count). The van der Waals surface area contributed by atoms with Crippen molar-refractivity contribution in [3.05, 3.63) is 12.2 Å². The van der Waals surface area contributed by atoms with Crippen LogP contribution in [-0.4, -0.2) is 11.1 Å². The lowest BCUT2D eigenvalue weighted by atomic mass is 9.92. The Balaban J connectivity index is 3.45. The van der Waals surface area contributed by atoms with Gasteiger partial charge in [-0.2, -0.15) is 0 Å². The van der Waals surface area contributed by atoms with Crippen molar-refractivity contribution >= 4 is 5.97 Å². The zero-order valence-corrected chi connectivity index (χ0v) is 8.13. The van der Waals surface area contributed by atoms with Crippen LogP contribution < -0.4 is 0 Å². The Morgan fingerprint density at radius 2 is 1.92 bits per heavy atom. The minimum Gasteiger partial charge on any atom is -0.481 e. The number of carbonyl (C=O) groups is 1. The quantitative estimate of drug-likeness (QED) is 0.659. The highest BCUT2D eigenvalue weighted by Crippen LogP contribution is 2.18. The van der Waals surface area contributed by atoms with E-state index >= 15 is 0 Å². The van der Waals surface area contributed by atoms with Gasteiger partial charge in [0.1, 0.15) is 0 Å². The summed E-state index contributed by atoms with van der Waals surface area (Å²) in [6.45, 7) is 6.48. The lowest BCUT2D eigenvalue weighted by Gasteiger charge is -2.14. The van der Waals surface area contributed by atoms with Gasteiger partial charge < -0.3 is 5.11 Å². The van der Waals surface area contributed by atoms with Crippen LogP contribution in [0.4, 0.5) is 0 Å². The predicted octanol–water partition coefficient (Wildman–Crippen LogP) is 2.84. The van der Waals surface area contributed by atoms with E-state index in [1.807, 2.05) is 6.08 Å².